The van der Waals surface area contributed by atoms with Crippen molar-refractivity contribution in [3.8, 4) is 11.5 Å². The molecule has 0 fully saturated rings. The van der Waals surface area contributed by atoms with Crippen molar-refractivity contribution in [3.05, 3.63) is 23.8 Å². The van der Waals surface area contributed by atoms with Gasteiger partial charge in [-0.2, -0.15) is 0 Å². The van der Waals surface area contributed by atoms with E-state index in [1.807, 2.05) is 6.07 Å². The third-order valence-corrected chi connectivity index (χ3v) is 3.12. The van der Waals surface area contributed by atoms with Crippen LogP contribution in [0.15, 0.2) is 18.2 Å². The Hall–Kier alpha value is -2.24. The van der Waals surface area contributed by atoms with E-state index in [-0.39, 0.29) is 12.3 Å². The molecule has 116 valence electrons. The van der Waals surface area contributed by atoms with Gasteiger partial charge in [-0.3, -0.25) is 9.59 Å². The number of benzene rings is 1. The summed E-state index contributed by atoms with van der Waals surface area (Å²) in [4.78, 5) is 22.8. The van der Waals surface area contributed by atoms with Crippen LogP contribution in [0, 0.1) is 5.41 Å². The maximum absolute atomic E-state index is 11.8. The van der Waals surface area contributed by atoms with Crippen molar-refractivity contribution in [3.63, 3.8) is 0 Å². The quantitative estimate of drug-likeness (QED) is 0.801. The predicted octanol–water partition coefficient (Wildman–Crippen LogP) is 1.82. The number of nitrogens with one attached hydrogen (secondary N) is 1. The molecule has 0 atom stereocenters. The normalized spacial score (nSPS) is 10.9. The molecule has 0 aliphatic rings. The first-order valence-electron chi connectivity index (χ1n) is 6.51. The molecule has 6 heteroatoms. The van der Waals surface area contributed by atoms with Crippen LogP contribution in [-0.4, -0.2) is 31.2 Å². The molecule has 1 rings (SSSR count). The largest absolute Gasteiger partial charge is 0.493 e. The van der Waals surface area contributed by atoms with Crippen LogP contribution in [-0.2, 0) is 16.1 Å². The van der Waals surface area contributed by atoms with Crippen LogP contribution >= 0.6 is 0 Å². The van der Waals surface area contributed by atoms with Gasteiger partial charge in [0.1, 0.15) is 0 Å². The van der Waals surface area contributed by atoms with Gasteiger partial charge in [0.15, 0.2) is 11.5 Å². The Balaban J connectivity index is 2.63. The minimum absolute atomic E-state index is 0.0738. The van der Waals surface area contributed by atoms with Crippen LogP contribution in [0.4, 0.5) is 0 Å². The number of hydrogen-bond donors (Lipinski definition) is 2. The zero-order valence-electron chi connectivity index (χ0n) is 12.7. The second-order valence-electron chi connectivity index (χ2n) is 5.33. The fourth-order valence-electron chi connectivity index (χ4n) is 1.73. The van der Waals surface area contributed by atoms with E-state index in [9.17, 15) is 9.59 Å². The molecule has 0 spiro atoms. The summed E-state index contributed by atoms with van der Waals surface area (Å²) in [5.74, 6) is -0.115. The van der Waals surface area contributed by atoms with E-state index >= 15 is 0 Å². The molecule has 1 amide bonds. The van der Waals surface area contributed by atoms with Crippen LogP contribution < -0.4 is 14.8 Å². The summed E-state index contributed by atoms with van der Waals surface area (Å²) in [7, 11) is 3.09. The molecule has 2 N–H and O–H groups in total. The van der Waals surface area contributed by atoms with Gasteiger partial charge in [0.05, 0.1) is 19.6 Å². The SMILES string of the molecule is COc1ccc(CNC(=O)CC(C)(C)C(=O)O)cc1OC. The van der Waals surface area contributed by atoms with Crippen molar-refractivity contribution in [2.75, 3.05) is 14.2 Å². The van der Waals surface area contributed by atoms with Gasteiger partial charge in [-0.15, -0.1) is 0 Å². The molecule has 1 aromatic rings. The van der Waals surface area contributed by atoms with Crippen LogP contribution in [0.5, 0.6) is 11.5 Å². The highest BCUT2D eigenvalue weighted by molar-refractivity contribution is 5.84. The van der Waals surface area contributed by atoms with E-state index in [1.165, 1.54) is 21.0 Å². The lowest BCUT2D eigenvalue weighted by atomic mass is 9.89. The molecule has 0 aliphatic carbocycles. The molecule has 0 radical (unpaired) electrons. The molecule has 0 unspecified atom stereocenters. The van der Waals surface area contributed by atoms with Crippen LogP contribution in [0.2, 0.25) is 0 Å². The standard InChI is InChI=1S/C15H21NO5/c1-15(2,14(18)19)8-13(17)16-9-10-5-6-11(20-3)12(7-10)21-4/h5-7H,8-9H2,1-4H3,(H,16,17)(H,18,19). The van der Waals surface area contributed by atoms with Crippen molar-refractivity contribution >= 4 is 11.9 Å². The zero-order chi connectivity index (χ0) is 16.0. The Labute approximate surface area is 124 Å². The van der Waals surface area contributed by atoms with E-state index in [4.69, 9.17) is 14.6 Å². The summed E-state index contributed by atoms with van der Waals surface area (Å²) in [5, 5.41) is 11.7. The van der Waals surface area contributed by atoms with E-state index in [0.717, 1.165) is 5.56 Å². The third kappa shape index (κ3) is 4.66. The average Bonchev–Trinajstić information content (AvgIpc) is 2.44. The monoisotopic (exact) mass is 295 g/mol. The lowest BCUT2D eigenvalue weighted by Gasteiger charge is -2.18. The molecule has 0 heterocycles. The number of hydrogen-bond acceptors (Lipinski definition) is 4. The second kappa shape index (κ2) is 6.97. The minimum Gasteiger partial charge on any atom is -0.493 e. The summed E-state index contributed by atoms with van der Waals surface area (Å²) >= 11 is 0. The van der Waals surface area contributed by atoms with Crippen LogP contribution in [0.3, 0.4) is 0 Å². The molecular formula is C15H21NO5. The van der Waals surface area contributed by atoms with Gasteiger partial charge in [0.25, 0.3) is 0 Å². The van der Waals surface area contributed by atoms with Gasteiger partial charge in [0, 0.05) is 13.0 Å². The van der Waals surface area contributed by atoms with Crippen molar-refractivity contribution < 1.29 is 24.2 Å². The Bertz CT molecular complexity index is 525. The first kappa shape index (κ1) is 16.8. The molecule has 1 aromatic carbocycles. The molecule has 0 saturated carbocycles. The van der Waals surface area contributed by atoms with E-state index in [1.54, 1.807) is 19.2 Å². The summed E-state index contributed by atoms with van der Waals surface area (Å²) in [6.45, 7) is 3.34. The van der Waals surface area contributed by atoms with E-state index in [0.29, 0.717) is 18.0 Å². The van der Waals surface area contributed by atoms with Crippen LogP contribution in [0.1, 0.15) is 25.8 Å². The summed E-state index contributed by atoms with van der Waals surface area (Å²) in [6.07, 6.45) is -0.0738. The Morgan fingerprint density at radius 1 is 1.19 bits per heavy atom. The van der Waals surface area contributed by atoms with Crippen molar-refractivity contribution in [1.82, 2.24) is 5.32 Å². The topological polar surface area (TPSA) is 84.9 Å². The van der Waals surface area contributed by atoms with Crippen molar-refractivity contribution in [2.45, 2.75) is 26.8 Å². The summed E-state index contributed by atoms with van der Waals surface area (Å²) in [6, 6.07) is 5.33. The van der Waals surface area contributed by atoms with E-state index in [2.05, 4.69) is 5.32 Å². The number of methoxy groups -OCH3 is 2. The molecule has 21 heavy (non-hydrogen) atoms. The smallest absolute Gasteiger partial charge is 0.309 e. The third-order valence-electron chi connectivity index (χ3n) is 3.12. The molecular weight excluding hydrogens is 274 g/mol. The highest BCUT2D eigenvalue weighted by atomic mass is 16.5. The van der Waals surface area contributed by atoms with E-state index < -0.39 is 11.4 Å². The predicted molar refractivity (Wildman–Crippen MR) is 77.4 cm³/mol. The highest BCUT2D eigenvalue weighted by Crippen LogP contribution is 2.27. The Kier molecular flexibility index (Phi) is 5.58. The lowest BCUT2D eigenvalue weighted by molar-refractivity contribution is -0.149. The van der Waals surface area contributed by atoms with Gasteiger partial charge in [-0.05, 0) is 31.5 Å². The first-order chi connectivity index (χ1) is 9.80. The Morgan fingerprint density at radius 3 is 2.33 bits per heavy atom. The number of carboxylic acids is 1. The molecule has 0 aliphatic heterocycles. The minimum atomic E-state index is -1.08. The molecule has 0 aromatic heterocycles. The van der Waals surface area contributed by atoms with Crippen molar-refractivity contribution in [2.24, 2.45) is 5.41 Å². The number of rotatable bonds is 7. The number of aliphatic carboxylic acids is 1. The molecule has 0 saturated heterocycles. The number of carbonyl (C=O) groups is 2. The van der Waals surface area contributed by atoms with Gasteiger partial charge in [-0.1, -0.05) is 6.07 Å². The molecule has 6 nitrogen and oxygen atoms in total. The van der Waals surface area contributed by atoms with Gasteiger partial charge in [0.2, 0.25) is 5.91 Å². The van der Waals surface area contributed by atoms with Gasteiger partial charge in [-0.25, -0.2) is 0 Å². The fraction of sp³-hybridized carbons (Fsp3) is 0.467. The fourth-order valence-corrected chi connectivity index (χ4v) is 1.73. The summed E-state index contributed by atoms with van der Waals surface area (Å²) < 4.78 is 10.3. The number of carbonyl (C=O) groups excluding carboxylic acids is 1. The lowest BCUT2D eigenvalue weighted by Crippen LogP contribution is -2.33. The second-order valence-corrected chi connectivity index (χ2v) is 5.33. The Morgan fingerprint density at radius 2 is 1.81 bits per heavy atom. The van der Waals surface area contributed by atoms with Gasteiger partial charge < -0.3 is 19.9 Å². The first-order valence-corrected chi connectivity index (χ1v) is 6.51. The maximum Gasteiger partial charge on any atom is 0.309 e. The zero-order valence-corrected chi connectivity index (χ0v) is 12.7. The van der Waals surface area contributed by atoms with Crippen LogP contribution in [0.25, 0.3) is 0 Å². The average molecular weight is 295 g/mol. The maximum atomic E-state index is 11.8. The number of carboxylic acid groups (broad SMARTS) is 1. The van der Waals surface area contributed by atoms with Crippen molar-refractivity contribution in [1.29, 1.82) is 0 Å². The number of amides is 1. The summed E-state index contributed by atoms with van der Waals surface area (Å²) in [5.41, 5.74) is -0.240. The van der Waals surface area contributed by atoms with Gasteiger partial charge >= 0.3 is 5.97 Å². The highest BCUT2D eigenvalue weighted by Gasteiger charge is 2.29. The number of ether oxygens (including phenoxy) is 2. The molecule has 0 bridgehead atoms.